The standard InChI is InChI=1S/C32H37N3O10S/c1-12-7-16-8-18-31(39)35-19-9-42-32(40)17(33-14(3)36)10-46-30(24(35)23(34(18)5)20(16)25(38)26(12)41-6)22-21(19)29-28(43-11-44-29)13(2)27(22)45-15(4)37/h7,17-19,23-24,30-31,38-39H,8-11H2,1-6H3,(H,33,36)/t17-,18+,19+,23-,24?,30-,31+/m1/s1. The Morgan fingerprint density at radius 2 is 1.83 bits per heavy atom. The molecule has 0 aromatic heterocycles. The van der Waals surface area contributed by atoms with Crippen LogP contribution in [0.1, 0.15) is 64.6 Å². The molecule has 2 aromatic carbocycles. The first kappa shape index (κ1) is 30.9. The summed E-state index contributed by atoms with van der Waals surface area (Å²) in [5.41, 5.74) is 4.24. The summed E-state index contributed by atoms with van der Waals surface area (Å²) < 4.78 is 29.4. The van der Waals surface area contributed by atoms with E-state index in [1.165, 1.54) is 32.7 Å². The number of amides is 1. The number of piperazine rings is 1. The fourth-order valence-corrected chi connectivity index (χ4v) is 9.63. The number of ether oxygens (including phenoxy) is 5. The van der Waals surface area contributed by atoms with Crippen LogP contribution in [-0.2, 0) is 25.5 Å². The Morgan fingerprint density at radius 3 is 2.52 bits per heavy atom. The molecule has 14 heteroatoms. The highest BCUT2D eigenvalue weighted by Gasteiger charge is 2.60. The van der Waals surface area contributed by atoms with Crippen LogP contribution in [0.25, 0.3) is 0 Å². The number of phenols is 1. The molecule has 5 heterocycles. The molecule has 7 atom stereocenters. The summed E-state index contributed by atoms with van der Waals surface area (Å²) in [6.07, 6.45) is -0.567. The molecule has 1 amide bonds. The smallest absolute Gasteiger partial charge is 0.329 e. The molecular weight excluding hydrogens is 618 g/mol. The topological polar surface area (TPSA) is 156 Å². The third-order valence-electron chi connectivity index (χ3n) is 9.87. The zero-order valence-corrected chi connectivity index (χ0v) is 27.2. The van der Waals surface area contributed by atoms with E-state index in [2.05, 4.69) is 10.2 Å². The van der Waals surface area contributed by atoms with E-state index in [9.17, 15) is 24.6 Å². The van der Waals surface area contributed by atoms with Crippen LogP contribution in [0, 0.1) is 13.8 Å². The zero-order chi connectivity index (χ0) is 32.8. The minimum Gasteiger partial charge on any atom is -0.504 e. The van der Waals surface area contributed by atoms with Gasteiger partial charge in [-0.2, -0.15) is 0 Å². The zero-order valence-electron chi connectivity index (χ0n) is 26.4. The molecule has 2 fully saturated rings. The lowest BCUT2D eigenvalue weighted by molar-refractivity contribution is -0.184. The minimum absolute atomic E-state index is 0.0342. The minimum atomic E-state index is -1.02. The SMILES string of the molecule is COc1c(C)cc2c(c1O)[C@@H]1C3[C@@H]4SC[C@@H](NC(C)=O)C(=O)OC[C@@H](c5c6c(c(C)c(OC(C)=O)c54)OCO6)N3[C@@H](O)[C@H](C2)N1C. The van der Waals surface area contributed by atoms with E-state index in [4.69, 9.17) is 23.7 Å². The fraction of sp³-hybridized carbons (Fsp3) is 0.531. The van der Waals surface area contributed by atoms with Gasteiger partial charge in [0.05, 0.1) is 30.5 Å². The summed E-state index contributed by atoms with van der Waals surface area (Å²) in [6.45, 7) is 6.10. The molecule has 3 N–H and O–H groups in total. The van der Waals surface area contributed by atoms with Gasteiger partial charge in [-0.15, -0.1) is 11.8 Å². The molecule has 2 saturated heterocycles. The van der Waals surface area contributed by atoms with Crippen LogP contribution < -0.4 is 24.3 Å². The number of nitrogens with zero attached hydrogens (tertiary/aromatic N) is 2. The first-order valence-corrected chi connectivity index (χ1v) is 16.3. The van der Waals surface area contributed by atoms with Crippen LogP contribution in [0.2, 0.25) is 0 Å². The summed E-state index contributed by atoms with van der Waals surface area (Å²) in [6, 6.07) is -1.08. The molecular formula is C32H37N3O10S. The number of hydrogen-bond donors (Lipinski definition) is 3. The number of esters is 2. The van der Waals surface area contributed by atoms with Crippen LogP contribution in [0.5, 0.6) is 28.7 Å². The summed E-state index contributed by atoms with van der Waals surface area (Å²) in [4.78, 5) is 42.1. The predicted molar refractivity (Wildman–Crippen MR) is 164 cm³/mol. The number of hydrogen-bond acceptors (Lipinski definition) is 13. The highest BCUT2D eigenvalue weighted by Crippen LogP contribution is 2.63. The number of aryl methyl sites for hydroxylation is 1. The van der Waals surface area contributed by atoms with Crippen molar-refractivity contribution in [1.29, 1.82) is 0 Å². The maximum Gasteiger partial charge on any atom is 0.329 e. The molecule has 0 saturated carbocycles. The highest BCUT2D eigenvalue weighted by atomic mass is 32.2. The van der Waals surface area contributed by atoms with Crippen molar-refractivity contribution in [1.82, 2.24) is 15.1 Å². The molecule has 0 radical (unpaired) electrons. The molecule has 1 unspecified atom stereocenters. The lowest BCUT2D eigenvalue weighted by atomic mass is 9.73. The Balaban J connectivity index is 1.52. The number of methoxy groups -OCH3 is 1. The largest absolute Gasteiger partial charge is 0.504 e. The Bertz CT molecular complexity index is 1670. The number of aliphatic hydroxyl groups excluding tert-OH is 1. The van der Waals surface area contributed by atoms with Crippen LogP contribution in [0.15, 0.2) is 6.07 Å². The molecule has 0 aliphatic carbocycles. The number of nitrogens with one attached hydrogen (secondary N) is 1. The van der Waals surface area contributed by atoms with Crippen molar-refractivity contribution in [2.45, 2.75) is 75.8 Å². The second-order valence-electron chi connectivity index (χ2n) is 12.5. The molecule has 46 heavy (non-hydrogen) atoms. The van der Waals surface area contributed by atoms with Crippen molar-refractivity contribution in [3.63, 3.8) is 0 Å². The number of rotatable bonds is 3. The van der Waals surface area contributed by atoms with Crippen molar-refractivity contribution in [2.75, 3.05) is 33.3 Å². The van der Waals surface area contributed by atoms with Crippen molar-refractivity contribution in [3.05, 3.63) is 39.4 Å². The van der Waals surface area contributed by atoms with Gasteiger partial charge in [-0.3, -0.25) is 19.4 Å². The third-order valence-corrected chi connectivity index (χ3v) is 11.3. The Kier molecular flexibility index (Phi) is 7.54. The second-order valence-corrected chi connectivity index (χ2v) is 13.6. The van der Waals surface area contributed by atoms with Crippen molar-refractivity contribution in [2.24, 2.45) is 0 Å². The predicted octanol–water partition coefficient (Wildman–Crippen LogP) is 2.16. The number of aliphatic hydroxyl groups is 1. The van der Waals surface area contributed by atoms with E-state index >= 15 is 0 Å². The number of aromatic hydroxyl groups is 1. The van der Waals surface area contributed by atoms with Gasteiger partial charge in [0.25, 0.3) is 0 Å². The lowest BCUT2D eigenvalue weighted by Crippen LogP contribution is -2.69. The van der Waals surface area contributed by atoms with Gasteiger partial charge in [-0.25, -0.2) is 4.79 Å². The van der Waals surface area contributed by atoms with Crippen molar-refractivity contribution >= 4 is 29.6 Å². The van der Waals surface area contributed by atoms with Gasteiger partial charge in [-0.1, -0.05) is 6.07 Å². The lowest BCUT2D eigenvalue weighted by Gasteiger charge is -2.62. The Morgan fingerprint density at radius 1 is 1.09 bits per heavy atom. The Labute approximate surface area is 270 Å². The van der Waals surface area contributed by atoms with Crippen molar-refractivity contribution in [3.8, 4) is 28.7 Å². The summed E-state index contributed by atoms with van der Waals surface area (Å²) in [5, 5.41) is 26.2. The number of benzene rings is 2. The van der Waals surface area contributed by atoms with E-state index < -0.39 is 47.6 Å². The van der Waals surface area contributed by atoms with E-state index in [-0.39, 0.29) is 36.9 Å². The van der Waals surface area contributed by atoms with E-state index in [0.29, 0.717) is 51.7 Å². The van der Waals surface area contributed by atoms with Crippen LogP contribution >= 0.6 is 11.8 Å². The summed E-state index contributed by atoms with van der Waals surface area (Å²) in [5.74, 6) is 0.223. The van der Waals surface area contributed by atoms with Gasteiger partial charge < -0.3 is 39.2 Å². The highest BCUT2D eigenvalue weighted by molar-refractivity contribution is 7.99. The molecule has 5 aliphatic rings. The third kappa shape index (κ3) is 4.44. The average Bonchev–Trinajstić information content (AvgIpc) is 3.48. The number of carbonyl (C=O) groups excluding carboxylic acids is 3. The quantitative estimate of drug-likeness (QED) is 0.327. The molecule has 5 aliphatic heterocycles. The Hall–Kier alpha value is -3.72. The molecule has 2 aromatic rings. The second kappa shape index (κ2) is 11.2. The van der Waals surface area contributed by atoms with Crippen LogP contribution in [0.3, 0.4) is 0 Å². The number of phenolic OH excluding ortho intramolecular Hbond substituents is 1. The van der Waals surface area contributed by atoms with Crippen molar-refractivity contribution < 1.29 is 48.3 Å². The van der Waals surface area contributed by atoms with E-state index in [1.807, 2.05) is 24.9 Å². The summed E-state index contributed by atoms with van der Waals surface area (Å²) >= 11 is 1.38. The first-order valence-electron chi connectivity index (χ1n) is 15.2. The number of cyclic esters (lactones) is 1. The first-order chi connectivity index (χ1) is 21.9. The molecule has 0 spiro atoms. The maximum absolute atomic E-state index is 13.3. The van der Waals surface area contributed by atoms with Crippen LogP contribution in [-0.4, -0.2) is 95.5 Å². The number of likely N-dealkylation sites (N-methyl/N-ethyl adjacent to an activating group) is 1. The molecule has 13 nitrogen and oxygen atoms in total. The van der Waals surface area contributed by atoms with E-state index in [1.54, 1.807) is 6.92 Å². The van der Waals surface area contributed by atoms with Gasteiger partial charge in [0.1, 0.15) is 24.6 Å². The van der Waals surface area contributed by atoms with Gasteiger partial charge in [0.2, 0.25) is 12.7 Å². The van der Waals surface area contributed by atoms with E-state index in [0.717, 1.165) is 11.1 Å². The molecule has 246 valence electrons. The van der Waals surface area contributed by atoms with Gasteiger partial charge in [0.15, 0.2) is 23.0 Å². The van der Waals surface area contributed by atoms with Gasteiger partial charge >= 0.3 is 11.9 Å². The van der Waals surface area contributed by atoms with Crippen LogP contribution in [0.4, 0.5) is 0 Å². The van der Waals surface area contributed by atoms with Gasteiger partial charge in [-0.05, 0) is 38.4 Å². The molecule has 7 rings (SSSR count). The molecule has 4 bridgehead atoms. The fourth-order valence-electron chi connectivity index (χ4n) is 8.12. The number of fused-ring (bicyclic) bond motifs is 9. The maximum atomic E-state index is 13.3. The van der Waals surface area contributed by atoms with Gasteiger partial charge in [0, 0.05) is 47.9 Å². The number of thioether (sulfide) groups is 1. The normalized spacial score (nSPS) is 29.6. The average molecular weight is 656 g/mol. The number of carbonyl (C=O) groups is 3. The monoisotopic (exact) mass is 655 g/mol. The summed E-state index contributed by atoms with van der Waals surface area (Å²) in [7, 11) is 3.45.